The van der Waals surface area contributed by atoms with Crippen molar-refractivity contribution < 1.29 is 18.0 Å². The first kappa shape index (κ1) is 14.5. The van der Waals surface area contributed by atoms with Crippen LogP contribution in [0.1, 0.15) is 27.2 Å². The quantitative estimate of drug-likeness (QED) is 0.627. The van der Waals surface area contributed by atoms with E-state index < -0.39 is 22.8 Å². The van der Waals surface area contributed by atoms with Crippen molar-refractivity contribution in [3.05, 3.63) is 58.1 Å². The van der Waals surface area contributed by atoms with Gasteiger partial charge in [0.15, 0.2) is 5.78 Å². The van der Waals surface area contributed by atoms with Gasteiger partial charge in [-0.3, -0.25) is 9.78 Å². The molecule has 0 N–H and O–H groups in total. The van der Waals surface area contributed by atoms with Crippen molar-refractivity contribution in [1.82, 2.24) is 9.97 Å². The van der Waals surface area contributed by atoms with Gasteiger partial charge < -0.3 is 0 Å². The Labute approximate surface area is 117 Å². The summed E-state index contributed by atoms with van der Waals surface area (Å²) in [6.07, 6.45) is -1.72. The van der Waals surface area contributed by atoms with E-state index in [1.54, 1.807) is 19.2 Å². The second kappa shape index (κ2) is 5.20. The molecule has 0 saturated carbocycles. The number of hydrogen-bond acceptors (Lipinski definition) is 3. The van der Waals surface area contributed by atoms with Crippen molar-refractivity contribution in [3.63, 3.8) is 0 Å². The second-order valence-corrected chi connectivity index (χ2v) is 4.47. The fraction of sp³-hybridized carbons (Fsp3) is 0.154. The first-order valence-electron chi connectivity index (χ1n) is 5.49. The summed E-state index contributed by atoms with van der Waals surface area (Å²) < 4.78 is 37.4. The van der Waals surface area contributed by atoms with Crippen LogP contribution in [0.4, 0.5) is 13.2 Å². The molecule has 0 aliphatic heterocycles. The molecule has 0 amide bonds. The van der Waals surface area contributed by atoms with Crippen LogP contribution >= 0.6 is 11.6 Å². The van der Waals surface area contributed by atoms with Crippen molar-refractivity contribution in [1.29, 1.82) is 0 Å². The predicted molar refractivity (Wildman–Crippen MR) is 66.7 cm³/mol. The summed E-state index contributed by atoms with van der Waals surface area (Å²) in [4.78, 5) is 19.2. The topological polar surface area (TPSA) is 42.9 Å². The molecule has 3 nitrogen and oxygen atoms in total. The molecule has 0 saturated heterocycles. The van der Waals surface area contributed by atoms with Crippen LogP contribution in [0.3, 0.4) is 0 Å². The fourth-order valence-corrected chi connectivity index (χ4v) is 1.84. The van der Waals surface area contributed by atoms with Crippen molar-refractivity contribution in [2.24, 2.45) is 0 Å². The lowest BCUT2D eigenvalue weighted by Gasteiger charge is -2.08. The number of aryl methyl sites for hydroxylation is 1. The second-order valence-electron chi connectivity index (χ2n) is 4.11. The maximum absolute atomic E-state index is 12.5. The molecule has 2 heterocycles. The SMILES string of the molecule is Cc1cncc(C(=O)c2ccc(C(F)(F)F)nc2Cl)c1. The summed E-state index contributed by atoms with van der Waals surface area (Å²) in [5.74, 6) is -0.521. The number of aromatic nitrogens is 2. The number of pyridine rings is 2. The minimum atomic E-state index is -4.60. The van der Waals surface area contributed by atoms with Gasteiger partial charge in [0.1, 0.15) is 10.8 Å². The highest BCUT2D eigenvalue weighted by molar-refractivity contribution is 6.33. The van der Waals surface area contributed by atoms with E-state index in [-0.39, 0.29) is 11.1 Å². The van der Waals surface area contributed by atoms with Crippen LogP contribution in [0.25, 0.3) is 0 Å². The monoisotopic (exact) mass is 300 g/mol. The van der Waals surface area contributed by atoms with Crippen LogP contribution in [-0.4, -0.2) is 15.8 Å². The van der Waals surface area contributed by atoms with Gasteiger partial charge in [-0.1, -0.05) is 11.6 Å². The van der Waals surface area contributed by atoms with Crippen molar-refractivity contribution in [3.8, 4) is 0 Å². The van der Waals surface area contributed by atoms with Crippen LogP contribution in [0.15, 0.2) is 30.6 Å². The smallest absolute Gasteiger partial charge is 0.288 e. The molecule has 2 rings (SSSR count). The van der Waals surface area contributed by atoms with Gasteiger partial charge in [0, 0.05) is 18.0 Å². The van der Waals surface area contributed by atoms with E-state index in [0.717, 1.165) is 17.7 Å². The molecular weight excluding hydrogens is 293 g/mol. The lowest BCUT2D eigenvalue weighted by molar-refractivity contribution is -0.141. The first-order chi connectivity index (χ1) is 9.29. The molecule has 2 aromatic rings. The number of carbonyl (C=O) groups excluding carboxylic acids is 1. The minimum Gasteiger partial charge on any atom is -0.288 e. The van der Waals surface area contributed by atoms with Gasteiger partial charge >= 0.3 is 6.18 Å². The highest BCUT2D eigenvalue weighted by Gasteiger charge is 2.33. The van der Waals surface area contributed by atoms with E-state index in [9.17, 15) is 18.0 Å². The third-order valence-electron chi connectivity index (χ3n) is 2.52. The third-order valence-corrected chi connectivity index (χ3v) is 2.81. The van der Waals surface area contributed by atoms with Gasteiger partial charge in [0.2, 0.25) is 0 Å². The highest BCUT2D eigenvalue weighted by atomic mass is 35.5. The number of alkyl halides is 3. The summed E-state index contributed by atoms with van der Waals surface area (Å²) >= 11 is 5.67. The van der Waals surface area contributed by atoms with E-state index in [4.69, 9.17) is 11.6 Å². The number of ketones is 1. The molecule has 0 spiro atoms. The number of carbonyl (C=O) groups is 1. The molecule has 0 aromatic carbocycles. The standard InChI is InChI=1S/C13H8ClF3N2O/c1-7-4-8(6-18-5-7)11(20)9-2-3-10(13(15,16)17)19-12(9)14/h2-6H,1H3. The lowest BCUT2D eigenvalue weighted by atomic mass is 10.1. The van der Waals surface area contributed by atoms with E-state index in [1.807, 2.05) is 0 Å². The molecular formula is C13H8ClF3N2O. The third kappa shape index (κ3) is 2.96. The number of rotatable bonds is 2. The Morgan fingerprint density at radius 2 is 1.95 bits per heavy atom. The zero-order chi connectivity index (χ0) is 14.9. The van der Waals surface area contributed by atoms with Crippen LogP contribution < -0.4 is 0 Å². The van der Waals surface area contributed by atoms with Crippen LogP contribution in [0.2, 0.25) is 5.15 Å². The molecule has 104 valence electrons. The van der Waals surface area contributed by atoms with Crippen LogP contribution in [0.5, 0.6) is 0 Å². The van der Waals surface area contributed by atoms with Crippen molar-refractivity contribution >= 4 is 17.4 Å². The average molecular weight is 301 g/mol. The van der Waals surface area contributed by atoms with Crippen molar-refractivity contribution in [2.45, 2.75) is 13.1 Å². The lowest BCUT2D eigenvalue weighted by Crippen LogP contribution is -2.11. The highest BCUT2D eigenvalue weighted by Crippen LogP contribution is 2.30. The summed E-state index contributed by atoms with van der Waals surface area (Å²) in [6.45, 7) is 1.75. The maximum Gasteiger partial charge on any atom is 0.433 e. The number of nitrogens with zero attached hydrogens (tertiary/aromatic N) is 2. The Bertz CT molecular complexity index is 671. The van der Waals surface area contributed by atoms with E-state index in [2.05, 4.69) is 9.97 Å². The van der Waals surface area contributed by atoms with Gasteiger partial charge in [0.05, 0.1) is 5.56 Å². The fourth-order valence-electron chi connectivity index (χ4n) is 1.60. The molecule has 2 aromatic heterocycles. The largest absolute Gasteiger partial charge is 0.433 e. The maximum atomic E-state index is 12.5. The predicted octanol–water partition coefficient (Wildman–Crippen LogP) is 3.69. The van der Waals surface area contributed by atoms with Crippen molar-refractivity contribution in [2.75, 3.05) is 0 Å². The summed E-state index contributed by atoms with van der Waals surface area (Å²) in [7, 11) is 0. The molecule has 7 heteroatoms. The summed E-state index contributed by atoms with van der Waals surface area (Å²) in [5.41, 5.74) is -0.228. The van der Waals surface area contributed by atoms with Crippen LogP contribution in [-0.2, 0) is 6.18 Å². The molecule has 0 fully saturated rings. The molecule has 0 aliphatic carbocycles. The Morgan fingerprint density at radius 3 is 2.50 bits per heavy atom. The van der Waals surface area contributed by atoms with Gasteiger partial charge in [0.25, 0.3) is 0 Å². The Kier molecular flexibility index (Phi) is 3.76. The van der Waals surface area contributed by atoms with Gasteiger partial charge in [-0.15, -0.1) is 0 Å². The van der Waals surface area contributed by atoms with Gasteiger partial charge in [-0.25, -0.2) is 4.98 Å². The van der Waals surface area contributed by atoms with Gasteiger partial charge in [-0.2, -0.15) is 13.2 Å². The summed E-state index contributed by atoms with van der Waals surface area (Å²) in [6, 6.07) is 3.31. The minimum absolute atomic E-state index is 0.0907. The Balaban J connectivity index is 2.41. The van der Waals surface area contributed by atoms with E-state index in [0.29, 0.717) is 0 Å². The van der Waals surface area contributed by atoms with E-state index >= 15 is 0 Å². The molecule has 0 aliphatic rings. The summed E-state index contributed by atoms with van der Waals surface area (Å²) in [5, 5.41) is -0.480. The molecule has 20 heavy (non-hydrogen) atoms. The Hall–Kier alpha value is -1.95. The average Bonchev–Trinajstić information content (AvgIpc) is 2.36. The Morgan fingerprint density at radius 1 is 1.25 bits per heavy atom. The molecule has 0 bridgehead atoms. The van der Waals surface area contributed by atoms with E-state index in [1.165, 1.54) is 6.20 Å². The number of halogens is 4. The van der Waals surface area contributed by atoms with Crippen LogP contribution in [0, 0.1) is 6.92 Å². The molecule has 0 atom stereocenters. The normalized spacial score (nSPS) is 11.4. The first-order valence-corrected chi connectivity index (χ1v) is 5.87. The van der Waals surface area contributed by atoms with Gasteiger partial charge in [-0.05, 0) is 30.7 Å². The zero-order valence-corrected chi connectivity index (χ0v) is 11.0. The number of hydrogen-bond donors (Lipinski definition) is 0. The molecule has 0 radical (unpaired) electrons. The molecule has 0 unspecified atom stereocenters. The zero-order valence-electron chi connectivity index (χ0n) is 10.2.